The zero-order valence-electron chi connectivity index (χ0n) is 8.07. The molecule has 0 saturated carbocycles. The molecule has 1 N–H and O–H groups in total. The molecule has 0 radical (unpaired) electrons. The molecule has 0 bridgehead atoms. The van der Waals surface area contributed by atoms with Crippen LogP contribution in [0.4, 0.5) is 11.4 Å². The fourth-order valence-corrected chi connectivity index (χ4v) is 1.60. The lowest BCUT2D eigenvalue weighted by atomic mass is 10.2. The number of halogens is 2. The van der Waals surface area contributed by atoms with Crippen LogP contribution in [-0.4, -0.2) is 16.7 Å². The quantitative estimate of drug-likeness (QED) is 0.528. The van der Waals surface area contributed by atoms with Crippen molar-refractivity contribution >= 4 is 44.8 Å². The summed E-state index contributed by atoms with van der Waals surface area (Å²) < 4.78 is 0.368. The van der Waals surface area contributed by atoms with Gasteiger partial charge in [0.25, 0.3) is 5.69 Å². The molecule has 86 valence electrons. The van der Waals surface area contributed by atoms with Gasteiger partial charge in [0.2, 0.25) is 5.91 Å². The zero-order chi connectivity index (χ0) is 12.1. The number of hydrogen-bond donors (Lipinski definition) is 1. The van der Waals surface area contributed by atoms with E-state index < -0.39 is 4.92 Å². The SMILES string of the molecule is O=C(CCCl)Nc1ccc(Br)c([N+](=O)[O-])c1. The van der Waals surface area contributed by atoms with Crippen LogP contribution in [0.2, 0.25) is 0 Å². The largest absolute Gasteiger partial charge is 0.326 e. The van der Waals surface area contributed by atoms with Gasteiger partial charge in [0, 0.05) is 24.1 Å². The Kier molecular flexibility index (Phi) is 4.70. The molecule has 0 unspecified atom stereocenters. The van der Waals surface area contributed by atoms with Crippen molar-refractivity contribution in [2.45, 2.75) is 6.42 Å². The van der Waals surface area contributed by atoms with Crippen LogP contribution < -0.4 is 5.32 Å². The Morgan fingerprint density at radius 2 is 2.25 bits per heavy atom. The van der Waals surface area contributed by atoms with Gasteiger partial charge in [-0.05, 0) is 28.1 Å². The van der Waals surface area contributed by atoms with Gasteiger partial charge in [-0.25, -0.2) is 0 Å². The van der Waals surface area contributed by atoms with E-state index in [4.69, 9.17) is 11.6 Å². The minimum atomic E-state index is -0.526. The van der Waals surface area contributed by atoms with Gasteiger partial charge < -0.3 is 5.32 Å². The number of carbonyl (C=O) groups excluding carboxylic acids is 1. The summed E-state index contributed by atoms with van der Waals surface area (Å²) in [6, 6.07) is 4.37. The molecular weight excluding hydrogens is 299 g/mol. The predicted octanol–water partition coefficient (Wildman–Crippen LogP) is 2.92. The second-order valence-corrected chi connectivity index (χ2v) is 4.14. The number of amides is 1. The second kappa shape index (κ2) is 5.81. The smallest absolute Gasteiger partial charge is 0.285 e. The molecule has 0 aliphatic heterocycles. The van der Waals surface area contributed by atoms with E-state index >= 15 is 0 Å². The fourth-order valence-electron chi connectivity index (χ4n) is 1.04. The summed E-state index contributed by atoms with van der Waals surface area (Å²) in [5, 5.41) is 13.1. The Balaban J connectivity index is 2.87. The Morgan fingerprint density at radius 3 is 2.81 bits per heavy atom. The number of rotatable bonds is 4. The molecule has 1 rings (SSSR count). The van der Waals surface area contributed by atoms with Crippen LogP contribution in [0.5, 0.6) is 0 Å². The average molecular weight is 308 g/mol. The van der Waals surface area contributed by atoms with Gasteiger partial charge in [0.05, 0.1) is 9.40 Å². The highest BCUT2D eigenvalue weighted by Gasteiger charge is 2.13. The van der Waals surface area contributed by atoms with E-state index in [-0.39, 0.29) is 23.9 Å². The van der Waals surface area contributed by atoms with Gasteiger partial charge in [-0.2, -0.15) is 0 Å². The minimum absolute atomic E-state index is 0.0938. The number of nitro benzene ring substituents is 1. The minimum Gasteiger partial charge on any atom is -0.326 e. The third kappa shape index (κ3) is 3.46. The Hall–Kier alpha value is -1.14. The highest BCUT2D eigenvalue weighted by molar-refractivity contribution is 9.10. The molecule has 0 spiro atoms. The van der Waals surface area contributed by atoms with Crippen LogP contribution in [0.1, 0.15) is 6.42 Å². The van der Waals surface area contributed by atoms with Gasteiger partial charge >= 0.3 is 0 Å². The zero-order valence-corrected chi connectivity index (χ0v) is 10.4. The Bertz CT molecular complexity index is 425. The van der Waals surface area contributed by atoms with E-state index in [1.807, 2.05) is 0 Å². The monoisotopic (exact) mass is 306 g/mol. The molecule has 7 heteroatoms. The summed E-state index contributed by atoms with van der Waals surface area (Å²) in [5.74, 6) is -0.0589. The molecule has 16 heavy (non-hydrogen) atoms. The topological polar surface area (TPSA) is 72.2 Å². The van der Waals surface area contributed by atoms with Gasteiger partial charge in [-0.1, -0.05) is 0 Å². The van der Waals surface area contributed by atoms with Crippen LogP contribution in [0.15, 0.2) is 22.7 Å². The van der Waals surface area contributed by atoms with E-state index in [1.54, 1.807) is 6.07 Å². The summed E-state index contributed by atoms with van der Waals surface area (Å²) in [6.45, 7) is 0. The summed E-state index contributed by atoms with van der Waals surface area (Å²) in [5.41, 5.74) is 0.286. The molecule has 5 nitrogen and oxygen atoms in total. The molecule has 1 aromatic rings. The number of alkyl halides is 1. The fraction of sp³-hybridized carbons (Fsp3) is 0.222. The highest BCUT2D eigenvalue weighted by atomic mass is 79.9. The third-order valence-corrected chi connectivity index (χ3v) is 2.61. The van der Waals surface area contributed by atoms with Crippen molar-refractivity contribution in [3.05, 3.63) is 32.8 Å². The number of benzene rings is 1. The number of nitrogens with one attached hydrogen (secondary N) is 1. The molecule has 0 aliphatic rings. The normalized spacial score (nSPS) is 9.88. The second-order valence-electron chi connectivity index (χ2n) is 2.91. The molecule has 1 aromatic carbocycles. The predicted molar refractivity (Wildman–Crippen MR) is 64.8 cm³/mol. The lowest BCUT2D eigenvalue weighted by Crippen LogP contribution is -2.11. The maximum absolute atomic E-state index is 11.2. The summed E-state index contributed by atoms with van der Waals surface area (Å²) >= 11 is 8.45. The van der Waals surface area contributed by atoms with Crippen LogP contribution in [-0.2, 0) is 4.79 Å². The Labute approximate surface area is 105 Å². The van der Waals surface area contributed by atoms with Crippen LogP contribution in [0, 0.1) is 10.1 Å². The first kappa shape index (κ1) is 12.9. The number of nitro groups is 1. The van der Waals surface area contributed by atoms with Crippen molar-refractivity contribution in [1.29, 1.82) is 0 Å². The molecule has 0 aromatic heterocycles. The van der Waals surface area contributed by atoms with Crippen molar-refractivity contribution < 1.29 is 9.72 Å². The van der Waals surface area contributed by atoms with E-state index in [0.29, 0.717) is 10.2 Å². The van der Waals surface area contributed by atoms with Crippen LogP contribution >= 0.6 is 27.5 Å². The number of anilines is 1. The summed E-state index contributed by atoms with van der Waals surface area (Å²) in [7, 11) is 0. The molecule has 0 saturated heterocycles. The lowest BCUT2D eigenvalue weighted by molar-refractivity contribution is -0.385. The van der Waals surface area contributed by atoms with Crippen molar-refractivity contribution in [3.63, 3.8) is 0 Å². The molecule has 1 amide bonds. The van der Waals surface area contributed by atoms with E-state index in [0.717, 1.165) is 0 Å². The van der Waals surface area contributed by atoms with Gasteiger partial charge in [0.1, 0.15) is 0 Å². The molecular formula is C9H8BrClN2O3. The van der Waals surface area contributed by atoms with Crippen LogP contribution in [0.25, 0.3) is 0 Å². The maximum atomic E-state index is 11.2. The third-order valence-electron chi connectivity index (χ3n) is 1.75. The first-order valence-corrected chi connectivity index (χ1v) is 5.67. The lowest BCUT2D eigenvalue weighted by Gasteiger charge is -2.04. The van der Waals surface area contributed by atoms with Gasteiger partial charge in [0.15, 0.2) is 0 Å². The molecule has 0 heterocycles. The van der Waals surface area contributed by atoms with Gasteiger partial charge in [-0.15, -0.1) is 11.6 Å². The first-order valence-electron chi connectivity index (χ1n) is 4.34. The molecule has 0 aliphatic carbocycles. The number of carbonyl (C=O) groups is 1. The van der Waals surface area contributed by atoms with Crippen molar-refractivity contribution in [2.24, 2.45) is 0 Å². The first-order chi connectivity index (χ1) is 7.54. The van der Waals surface area contributed by atoms with Crippen LogP contribution in [0.3, 0.4) is 0 Å². The standard InChI is InChI=1S/C9H8BrClN2O3/c10-7-2-1-6(5-8(7)13(15)16)12-9(14)3-4-11/h1-2,5H,3-4H2,(H,12,14). The molecule has 0 fully saturated rings. The Morgan fingerprint density at radius 1 is 1.56 bits per heavy atom. The highest BCUT2D eigenvalue weighted by Crippen LogP contribution is 2.27. The average Bonchev–Trinajstić information content (AvgIpc) is 2.21. The maximum Gasteiger partial charge on any atom is 0.285 e. The van der Waals surface area contributed by atoms with E-state index in [1.165, 1.54) is 12.1 Å². The summed E-state index contributed by atoms with van der Waals surface area (Å²) in [4.78, 5) is 21.3. The van der Waals surface area contributed by atoms with E-state index in [9.17, 15) is 14.9 Å². The van der Waals surface area contributed by atoms with E-state index in [2.05, 4.69) is 21.2 Å². The number of hydrogen-bond acceptors (Lipinski definition) is 3. The number of nitrogens with zero attached hydrogens (tertiary/aromatic N) is 1. The molecule has 0 atom stereocenters. The summed E-state index contributed by atoms with van der Waals surface area (Å²) in [6.07, 6.45) is 0.172. The van der Waals surface area contributed by atoms with Gasteiger partial charge in [-0.3, -0.25) is 14.9 Å². The van der Waals surface area contributed by atoms with Crippen molar-refractivity contribution in [2.75, 3.05) is 11.2 Å². The van der Waals surface area contributed by atoms with Crippen molar-refractivity contribution in [1.82, 2.24) is 0 Å². The van der Waals surface area contributed by atoms with Crippen molar-refractivity contribution in [3.8, 4) is 0 Å².